The molecule has 2 rings (SSSR count). The lowest BCUT2D eigenvalue weighted by atomic mass is 10.3. The molecule has 0 fully saturated rings. The minimum Gasteiger partial charge on any atom is -0.280 e. The molecule has 5 nitrogen and oxygen atoms in total. The van der Waals surface area contributed by atoms with Crippen LogP contribution in [0, 0.1) is 0 Å². The second-order valence-electron chi connectivity index (χ2n) is 4.76. The van der Waals surface area contributed by atoms with E-state index >= 15 is 0 Å². The summed E-state index contributed by atoms with van der Waals surface area (Å²) in [5.41, 5.74) is -1.06. The van der Waals surface area contributed by atoms with E-state index in [4.69, 9.17) is 34.8 Å². The van der Waals surface area contributed by atoms with Gasteiger partial charge in [-0.3, -0.25) is 5.01 Å². The second kappa shape index (κ2) is 7.16. The molecule has 0 saturated carbocycles. The van der Waals surface area contributed by atoms with Crippen molar-refractivity contribution in [3.8, 4) is 0 Å². The Bertz CT molecular complexity index is 907. The highest BCUT2D eigenvalue weighted by molar-refractivity contribution is 7.89. The molecule has 1 aromatic carbocycles. The average Bonchev–Trinajstić information content (AvgIpc) is 2.48. The fourth-order valence-electron chi connectivity index (χ4n) is 1.79. The van der Waals surface area contributed by atoms with Crippen molar-refractivity contribution in [2.45, 2.75) is 11.1 Å². The summed E-state index contributed by atoms with van der Waals surface area (Å²) in [5.74, 6) is -0.226. The summed E-state index contributed by atoms with van der Waals surface area (Å²) < 4.78 is 62.6. The molecule has 0 bridgehead atoms. The quantitative estimate of drug-likeness (QED) is 0.725. The van der Waals surface area contributed by atoms with E-state index in [1.54, 1.807) is 0 Å². The van der Waals surface area contributed by atoms with Crippen LogP contribution in [0.4, 0.5) is 19.0 Å². The molecule has 25 heavy (non-hydrogen) atoms. The summed E-state index contributed by atoms with van der Waals surface area (Å²) in [6, 6.07) is 4.46. The van der Waals surface area contributed by atoms with Gasteiger partial charge in [0.2, 0.25) is 0 Å². The predicted molar refractivity (Wildman–Crippen MR) is 89.4 cm³/mol. The van der Waals surface area contributed by atoms with Crippen LogP contribution in [0.5, 0.6) is 0 Å². The number of hydrogen-bond acceptors (Lipinski definition) is 4. The Kier molecular flexibility index (Phi) is 5.75. The van der Waals surface area contributed by atoms with Crippen molar-refractivity contribution >= 4 is 50.6 Å². The van der Waals surface area contributed by atoms with Gasteiger partial charge in [-0.1, -0.05) is 34.8 Å². The first-order chi connectivity index (χ1) is 11.4. The van der Waals surface area contributed by atoms with E-state index in [1.807, 2.05) is 0 Å². The zero-order chi connectivity index (χ0) is 19.0. The fourth-order valence-corrected chi connectivity index (χ4v) is 3.89. The number of anilines is 1. The van der Waals surface area contributed by atoms with Gasteiger partial charge in [-0.05, 0) is 24.3 Å². The monoisotopic (exact) mass is 433 g/mol. The first-order valence-electron chi connectivity index (χ1n) is 6.36. The van der Waals surface area contributed by atoms with Crippen molar-refractivity contribution in [2.75, 3.05) is 12.1 Å². The third-order valence-electron chi connectivity index (χ3n) is 2.91. The van der Waals surface area contributed by atoms with Crippen molar-refractivity contribution in [1.82, 2.24) is 9.82 Å². The highest BCUT2D eigenvalue weighted by atomic mass is 35.5. The lowest BCUT2D eigenvalue weighted by molar-refractivity contribution is -0.137. The molecular weight excluding hydrogens is 426 g/mol. The molecule has 136 valence electrons. The number of nitrogens with zero attached hydrogens (tertiary/aromatic N) is 2. The molecule has 0 aliphatic carbocycles. The lowest BCUT2D eigenvalue weighted by Gasteiger charge is -2.21. The molecule has 0 unspecified atom stereocenters. The second-order valence-corrected chi connectivity index (χ2v) is 7.64. The summed E-state index contributed by atoms with van der Waals surface area (Å²) in [6.45, 7) is 0. The molecule has 0 aliphatic rings. The number of nitrogens with one attached hydrogen (secondary N) is 1. The average molecular weight is 435 g/mol. The van der Waals surface area contributed by atoms with Crippen LogP contribution < -0.4 is 9.84 Å². The third-order valence-corrected chi connectivity index (χ3v) is 5.29. The zero-order valence-electron chi connectivity index (χ0n) is 12.3. The zero-order valence-corrected chi connectivity index (χ0v) is 15.4. The van der Waals surface area contributed by atoms with Crippen molar-refractivity contribution in [3.05, 3.63) is 51.1 Å². The molecule has 1 heterocycles. The van der Waals surface area contributed by atoms with E-state index in [2.05, 4.69) is 9.82 Å². The topological polar surface area (TPSA) is 62.3 Å². The fraction of sp³-hybridized carbons (Fsp3) is 0.154. The number of aromatic nitrogens is 1. The maximum Gasteiger partial charge on any atom is 0.417 e. The van der Waals surface area contributed by atoms with E-state index in [1.165, 1.54) is 19.2 Å². The number of pyridine rings is 1. The molecular formula is C13H9Cl3F3N3O2S. The van der Waals surface area contributed by atoms with E-state index < -0.39 is 26.8 Å². The van der Waals surface area contributed by atoms with Crippen LogP contribution in [-0.2, 0) is 16.2 Å². The largest absolute Gasteiger partial charge is 0.417 e. The van der Waals surface area contributed by atoms with Crippen molar-refractivity contribution in [1.29, 1.82) is 0 Å². The predicted octanol–water partition coefficient (Wildman–Crippen LogP) is 4.39. The number of benzene rings is 1. The molecule has 0 aliphatic heterocycles. The summed E-state index contributed by atoms with van der Waals surface area (Å²) in [6.07, 6.45) is -4.08. The highest BCUT2D eigenvalue weighted by Crippen LogP contribution is 2.33. The summed E-state index contributed by atoms with van der Waals surface area (Å²) in [5, 5.41) is 0.516. The molecule has 1 aromatic heterocycles. The number of sulfonamides is 1. The van der Waals surface area contributed by atoms with Gasteiger partial charge in [-0.2, -0.15) is 13.2 Å². The Morgan fingerprint density at radius 3 is 2.32 bits per heavy atom. The van der Waals surface area contributed by atoms with E-state index in [-0.39, 0.29) is 20.8 Å². The molecule has 12 heteroatoms. The number of alkyl halides is 3. The normalized spacial score (nSPS) is 12.3. The van der Waals surface area contributed by atoms with Gasteiger partial charge in [-0.15, -0.1) is 4.83 Å². The third kappa shape index (κ3) is 4.68. The van der Waals surface area contributed by atoms with Gasteiger partial charge in [0.1, 0.15) is 4.90 Å². The molecule has 0 saturated heterocycles. The van der Waals surface area contributed by atoms with Gasteiger partial charge in [0.25, 0.3) is 10.0 Å². The number of halogens is 6. The van der Waals surface area contributed by atoms with Crippen molar-refractivity contribution < 1.29 is 21.6 Å². The molecule has 0 amide bonds. The van der Waals surface area contributed by atoms with Crippen LogP contribution in [0.1, 0.15) is 5.56 Å². The molecule has 0 atom stereocenters. The van der Waals surface area contributed by atoms with Crippen LogP contribution in [0.3, 0.4) is 0 Å². The Hall–Kier alpha value is -1.26. The molecule has 0 spiro atoms. The minimum atomic E-state index is -4.62. The molecule has 1 N–H and O–H groups in total. The Labute approximate surface area is 156 Å². The number of rotatable bonds is 4. The lowest BCUT2D eigenvalue weighted by Crippen LogP contribution is -2.40. The van der Waals surface area contributed by atoms with Gasteiger partial charge in [0.05, 0.1) is 15.6 Å². The Balaban J connectivity index is 2.33. The van der Waals surface area contributed by atoms with E-state index in [9.17, 15) is 21.6 Å². The standard InChI is InChI=1S/C13H9Cl3F3N3O2S/c1-22(12-10(16)4-7(6-20-12)13(17,18)19)21-25(23,24)11-5-8(14)2-3-9(11)15/h2-6,21H,1H3. The minimum absolute atomic E-state index is 0.0863. The summed E-state index contributed by atoms with van der Waals surface area (Å²) >= 11 is 17.4. The van der Waals surface area contributed by atoms with E-state index in [0.717, 1.165) is 11.1 Å². The maximum atomic E-state index is 12.6. The Morgan fingerprint density at radius 2 is 1.76 bits per heavy atom. The molecule has 2 aromatic rings. The van der Waals surface area contributed by atoms with Crippen LogP contribution in [0.2, 0.25) is 15.1 Å². The van der Waals surface area contributed by atoms with Gasteiger partial charge in [0, 0.05) is 18.3 Å². The van der Waals surface area contributed by atoms with Crippen LogP contribution in [-0.4, -0.2) is 20.4 Å². The summed E-state index contributed by atoms with van der Waals surface area (Å²) in [7, 11) is -2.96. The maximum absolute atomic E-state index is 12.6. The highest BCUT2D eigenvalue weighted by Gasteiger charge is 2.32. The summed E-state index contributed by atoms with van der Waals surface area (Å²) in [4.78, 5) is 5.33. The first kappa shape index (κ1) is 20.1. The van der Waals surface area contributed by atoms with Crippen LogP contribution in [0.15, 0.2) is 35.4 Å². The van der Waals surface area contributed by atoms with Crippen LogP contribution >= 0.6 is 34.8 Å². The van der Waals surface area contributed by atoms with Crippen molar-refractivity contribution in [2.24, 2.45) is 0 Å². The Morgan fingerprint density at radius 1 is 1.12 bits per heavy atom. The number of hydrogen-bond donors (Lipinski definition) is 1. The van der Waals surface area contributed by atoms with Crippen LogP contribution in [0.25, 0.3) is 0 Å². The van der Waals surface area contributed by atoms with Gasteiger partial charge < -0.3 is 0 Å². The SMILES string of the molecule is CN(NS(=O)(=O)c1cc(Cl)ccc1Cl)c1ncc(C(F)(F)F)cc1Cl. The number of hydrazine groups is 1. The van der Waals surface area contributed by atoms with Gasteiger partial charge >= 0.3 is 6.18 Å². The first-order valence-corrected chi connectivity index (χ1v) is 8.97. The van der Waals surface area contributed by atoms with E-state index in [0.29, 0.717) is 12.3 Å². The van der Waals surface area contributed by atoms with Gasteiger partial charge in [0.15, 0.2) is 5.82 Å². The smallest absolute Gasteiger partial charge is 0.280 e. The van der Waals surface area contributed by atoms with Gasteiger partial charge in [-0.25, -0.2) is 13.4 Å². The van der Waals surface area contributed by atoms with Crippen molar-refractivity contribution in [3.63, 3.8) is 0 Å². The molecule has 0 radical (unpaired) electrons.